The van der Waals surface area contributed by atoms with E-state index in [0.29, 0.717) is 35.8 Å². The van der Waals surface area contributed by atoms with Gasteiger partial charge in [-0.2, -0.15) is 0 Å². The zero-order valence-corrected chi connectivity index (χ0v) is 14.4. The molecule has 9 heteroatoms. The zero-order valence-electron chi connectivity index (χ0n) is 12.0. The van der Waals surface area contributed by atoms with Gasteiger partial charge in [-0.15, -0.1) is 10.2 Å². The van der Waals surface area contributed by atoms with Crippen LogP contribution in [-0.4, -0.2) is 29.3 Å². The number of sulfone groups is 1. The van der Waals surface area contributed by atoms with Crippen LogP contribution < -0.4 is 5.32 Å². The molecule has 0 radical (unpaired) electrons. The molecule has 23 heavy (non-hydrogen) atoms. The van der Waals surface area contributed by atoms with Crippen LogP contribution in [0.5, 0.6) is 0 Å². The highest BCUT2D eigenvalue weighted by molar-refractivity contribution is 7.93. The zero-order chi connectivity index (χ0) is 16.5. The molecule has 0 unspecified atom stereocenters. The number of nitrogens with one attached hydrogen (secondary N) is 1. The highest BCUT2D eigenvalue weighted by atomic mass is 35.5. The van der Waals surface area contributed by atoms with E-state index in [1.54, 1.807) is 0 Å². The monoisotopic (exact) mass is 371 g/mol. The topological polar surface area (TPSA) is 89.0 Å². The number of hydrogen-bond acceptors (Lipinski definition) is 6. The maximum atomic E-state index is 13.1. The molecule has 1 amide bonds. The second-order valence-electron chi connectivity index (χ2n) is 5.36. The fraction of sp³-hybridized carbons (Fsp3) is 0.357. The lowest BCUT2D eigenvalue weighted by molar-refractivity contribution is -0.118. The Kier molecular flexibility index (Phi) is 4.39. The minimum atomic E-state index is -3.83. The Hall–Kier alpha value is -1.51. The van der Waals surface area contributed by atoms with Crippen molar-refractivity contribution in [3.8, 4) is 0 Å². The van der Waals surface area contributed by atoms with Gasteiger partial charge in [-0.05, 0) is 37.1 Å². The molecule has 3 rings (SSSR count). The van der Waals surface area contributed by atoms with Crippen LogP contribution >= 0.6 is 22.9 Å². The molecule has 1 heterocycles. The first kappa shape index (κ1) is 16.4. The number of hydrogen-bond donors (Lipinski definition) is 1. The molecule has 0 saturated heterocycles. The van der Waals surface area contributed by atoms with E-state index in [4.69, 9.17) is 11.6 Å². The number of halogens is 1. The third-order valence-electron chi connectivity index (χ3n) is 4.04. The minimum absolute atomic E-state index is 0.108. The summed E-state index contributed by atoms with van der Waals surface area (Å²) in [6.07, 6.45) is 1.97. The van der Waals surface area contributed by atoms with E-state index in [0.717, 1.165) is 11.3 Å². The summed E-state index contributed by atoms with van der Waals surface area (Å²) in [5, 5.41) is 10.7. The average molecular weight is 372 g/mol. The van der Waals surface area contributed by atoms with Crippen molar-refractivity contribution in [3.63, 3.8) is 0 Å². The third-order valence-corrected chi connectivity index (χ3v) is 7.42. The van der Waals surface area contributed by atoms with E-state index in [-0.39, 0.29) is 4.90 Å². The predicted molar refractivity (Wildman–Crippen MR) is 88.4 cm³/mol. The van der Waals surface area contributed by atoms with Crippen LogP contribution in [0.4, 0.5) is 5.13 Å². The van der Waals surface area contributed by atoms with Crippen LogP contribution in [0.3, 0.4) is 0 Å². The molecular weight excluding hydrogens is 358 g/mol. The lowest BCUT2D eigenvalue weighted by Gasteiger charge is -2.27. The fourth-order valence-corrected chi connectivity index (χ4v) is 5.47. The van der Waals surface area contributed by atoms with Crippen molar-refractivity contribution in [3.05, 3.63) is 34.8 Å². The van der Waals surface area contributed by atoms with Gasteiger partial charge in [-0.3, -0.25) is 10.1 Å². The second kappa shape index (κ2) is 6.18. The summed E-state index contributed by atoms with van der Waals surface area (Å²) in [6, 6.07) is 5.91. The van der Waals surface area contributed by atoms with Crippen LogP contribution in [0.2, 0.25) is 5.02 Å². The molecular formula is C14H14ClN3O3S2. The molecule has 1 aliphatic rings. The van der Waals surface area contributed by atoms with E-state index in [9.17, 15) is 13.2 Å². The Bertz CT molecular complexity index is 798. The quantitative estimate of drug-likeness (QED) is 0.892. The van der Waals surface area contributed by atoms with Gasteiger partial charge in [0.25, 0.3) is 0 Å². The van der Waals surface area contributed by atoms with E-state index in [1.165, 1.54) is 29.8 Å². The van der Waals surface area contributed by atoms with Crippen molar-refractivity contribution >= 4 is 43.8 Å². The van der Waals surface area contributed by atoms with Crippen LogP contribution in [-0.2, 0) is 14.6 Å². The Morgan fingerprint density at radius 2 is 1.87 bits per heavy atom. The molecule has 1 aromatic carbocycles. The Morgan fingerprint density at radius 3 is 2.43 bits per heavy atom. The molecule has 1 aliphatic carbocycles. The van der Waals surface area contributed by atoms with E-state index < -0.39 is 20.5 Å². The molecule has 2 aromatic rings. The maximum absolute atomic E-state index is 13.1. The Balaban J connectivity index is 1.99. The second-order valence-corrected chi connectivity index (χ2v) is 8.89. The molecule has 1 aromatic heterocycles. The van der Waals surface area contributed by atoms with Crippen molar-refractivity contribution in [2.75, 3.05) is 5.32 Å². The van der Waals surface area contributed by atoms with Crippen LogP contribution in [0.1, 0.15) is 25.7 Å². The molecule has 0 aliphatic heterocycles. The number of carbonyl (C=O) groups is 1. The number of rotatable bonds is 4. The normalized spacial score (nSPS) is 17.1. The van der Waals surface area contributed by atoms with Crippen molar-refractivity contribution in [1.29, 1.82) is 0 Å². The summed E-state index contributed by atoms with van der Waals surface area (Å²) in [4.78, 5) is 12.9. The molecule has 0 spiro atoms. The summed E-state index contributed by atoms with van der Waals surface area (Å²) in [7, 11) is -3.83. The summed E-state index contributed by atoms with van der Waals surface area (Å²) >= 11 is 6.98. The SMILES string of the molecule is O=C(Nc1nncs1)C1(S(=O)(=O)c2ccc(Cl)cc2)CCCC1. The van der Waals surface area contributed by atoms with Gasteiger partial charge in [-0.1, -0.05) is 35.8 Å². The molecule has 0 bridgehead atoms. The number of carbonyl (C=O) groups excluding carboxylic acids is 1. The van der Waals surface area contributed by atoms with E-state index in [2.05, 4.69) is 15.5 Å². The predicted octanol–water partition coefficient (Wildman–Crippen LogP) is 2.92. The summed E-state index contributed by atoms with van der Waals surface area (Å²) in [6.45, 7) is 0. The molecule has 1 saturated carbocycles. The molecule has 1 fully saturated rings. The maximum Gasteiger partial charge on any atom is 0.248 e. The van der Waals surface area contributed by atoms with Crippen molar-refractivity contribution in [2.24, 2.45) is 0 Å². The van der Waals surface area contributed by atoms with Gasteiger partial charge in [0.05, 0.1) is 4.90 Å². The lowest BCUT2D eigenvalue weighted by atomic mass is 10.1. The number of anilines is 1. The number of nitrogens with zero attached hydrogens (tertiary/aromatic N) is 2. The van der Waals surface area contributed by atoms with Crippen molar-refractivity contribution in [1.82, 2.24) is 10.2 Å². The third kappa shape index (κ3) is 2.86. The van der Waals surface area contributed by atoms with Crippen molar-refractivity contribution < 1.29 is 13.2 Å². The first-order valence-corrected chi connectivity index (χ1v) is 9.78. The van der Waals surface area contributed by atoms with Gasteiger partial charge in [0.2, 0.25) is 11.0 Å². The molecule has 1 N–H and O–H groups in total. The number of benzene rings is 1. The van der Waals surface area contributed by atoms with Crippen LogP contribution in [0.25, 0.3) is 0 Å². The van der Waals surface area contributed by atoms with Gasteiger partial charge >= 0.3 is 0 Å². The highest BCUT2D eigenvalue weighted by Crippen LogP contribution is 2.41. The van der Waals surface area contributed by atoms with Gasteiger partial charge in [-0.25, -0.2) is 8.42 Å². The van der Waals surface area contributed by atoms with Gasteiger partial charge in [0, 0.05) is 5.02 Å². The van der Waals surface area contributed by atoms with E-state index in [1.807, 2.05) is 0 Å². The minimum Gasteiger partial charge on any atom is -0.299 e. The number of amides is 1. The standard InChI is InChI=1S/C14H14ClN3O3S2/c15-10-3-5-11(6-4-10)23(20,21)14(7-1-2-8-14)12(19)17-13-18-16-9-22-13/h3-6,9H,1-2,7-8H2,(H,17,18,19). The highest BCUT2D eigenvalue weighted by Gasteiger charge is 2.53. The molecule has 0 atom stereocenters. The Labute approximate surface area is 142 Å². The number of aromatic nitrogens is 2. The van der Waals surface area contributed by atoms with Crippen LogP contribution in [0, 0.1) is 0 Å². The first-order valence-electron chi connectivity index (χ1n) is 7.03. The van der Waals surface area contributed by atoms with Gasteiger partial charge in [0.1, 0.15) is 5.51 Å². The first-order chi connectivity index (χ1) is 11.0. The van der Waals surface area contributed by atoms with E-state index >= 15 is 0 Å². The molecule has 6 nitrogen and oxygen atoms in total. The summed E-state index contributed by atoms with van der Waals surface area (Å²) in [5.74, 6) is -0.540. The largest absolute Gasteiger partial charge is 0.299 e. The summed E-state index contributed by atoms with van der Waals surface area (Å²) in [5.41, 5.74) is 1.48. The summed E-state index contributed by atoms with van der Waals surface area (Å²) < 4.78 is 24.7. The van der Waals surface area contributed by atoms with Crippen LogP contribution in [0.15, 0.2) is 34.7 Å². The fourth-order valence-electron chi connectivity index (χ4n) is 2.84. The van der Waals surface area contributed by atoms with Gasteiger partial charge < -0.3 is 0 Å². The Morgan fingerprint density at radius 1 is 1.22 bits per heavy atom. The lowest BCUT2D eigenvalue weighted by Crippen LogP contribution is -2.47. The van der Waals surface area contributed by atoms with Gasteiger partial charge in [0.15, 0.2) is 14.6 Å². The smallest absolute Gasteiger partial charge is 0.248 e. The van der Waals surface area contributed by atoms with Crippen molar-refractivity contribution in [2.45, 2.75) is 35.3 Å². The average Bonchev–Trinajstić information content (AvgIpc) is 3.19. The molecule has 122 valence electrons.